The Hall–Kier alpha value is -1.02. The van der Waals surface area contributed by atoms with Crippen molar-refractivity contribution in [1.82, 2.24) is 0 Å². The highest BCUT2D eigenvalue weighted by Gasteiger charge is 2.28. The Bertz CT molecular complexity index is 385. The van der Waals surface area contributed by atoms with E-state index >= 15 is 0 Å². The molecule has 0 atom stereocenters. The van der Waals surface area contributed by atoms with E-state index in [9.17, 15) is 0 Å². The van der Waals surface area contributed by atoms with Gasteiger partial charge in [-0.3, -0.25) is 0 Å². The molecule has 0 spiro atoms. The summed E-state index contributed by atoms with van der Waals surface area (Å²) < 4.78 is 0. The molecule has 2 N–H and O–H groups in total. The van der Waals surface area contributed by atoms with Crippen molar-refractivity contribution in [2.75, 3.05) is 18.5 Å². The summed E-state index contributed by atoms with van der Waals surface area (Å²) in [5.41, 5.74) is 10.5. The smallest absolute Gasteiger partial charge is 0.0369 e. The lowest BCUT2D eigenvalue weighted by Crippen LogP contribution is -2.50. The van der Waals surface area contributed by atoms with Crippen molar-refractivity contribution >= 4 is 5.69 Å². The molecule has 2 heteroatoms. The summed E-state index contributed by atoms with van der Waals surface area (Å²) in [4.78, 5) is 2.32. The highest BCUT2D eigenvalue weighted by atomic mass is 15.1. The standard InChI is InChI=1S/C16H26N2/c1-13-9-14(2)11-15(10-13)18(3)12-16(17)7-5-4-6-8-16/h9-11H,4-8,12,17H2,1-3H3. The average molecular weight is 246 g/mol. The number of aryl methyl sites for hydroxylation is 2. The summed E-state index contributed by atoms with van der Waals surface area (Å²) in [5.74, 6) is 0. The molecule has 2 rings (SSSR count). The van der Waals surface area contributed by atoms with Crippen LogP contribution in [0.5, 0.6) is 0 Å². The van der Waals surface area contributed by atoms with Crippen LogP contribution in [0.4, 0.5) is 5.69 Å². The molecule has 0 heterocycles. The molecule has 0 aromatic heterocycles. The van der Waals surface area contributed by atoms with E-state index < -0.39 is 0 Å². The average Bonchev–Trinajstić information content (AvgIpc) is 2.28. The zero-order chi connectivity index (χ0) is 13.2. The summed E-state index contributed by atoms with van der Waals surface area (Å²) >= 11 is 0. The summed E-state index contributed by atoms with van der Waals surface area (Å²) in [7, 11) is 2.16. The predicted molar refractivity (Wildman–Crippen MR) is 79.2 cm³/mol. The van der Waals surface area contributed by atoms with Crippen LogP contribution in [-0.2, 0) is 0 Å². The minimum absolute atomic E-state index is 0.0185. The molecular weight excluding hydrogens is 220 g/mol. The fourth-order valence-electron chi connectivity index (χ4n) is 3.15. The maximum absolute atomic E-state index is 6.53. The maximum Gasteiger partial charge on any atom is 0.0369 e. The minimum Gasteiger partial charge on any atom is -0.373 e. The quantitative estimate of drug-likeness (QED) is 0.885. The second kappa shape index (κ2) is 5.31. The zero-order valence-corrected chi connectivity index (χ0v) is 12.0. The highest BCUT2D eigenvalue weighted by Crippen LogP contribution is 2.28. The van der Waals surface area contributed by atoms with Crippen LogP contribution >= 0.6 is 0 Å². The third-order valence-electron chi connectivity index (χ3n) is 4.05. The lowest BCUT2D eigenvalue weighted by molar-refractivity contribution is 0.301. The summed E-state index contributed by atoms with van der Waals surface area (Å²) in [5, 5.41) is 0. The molecule has 0 amide bonds. The van der Waals surface area contributed by atoms with Gasteiger partial charge in [-0.1, -0.05) is 25.3 Å². The van der Waals surface area contributed by atoms with E-state index in [4.69, 9.17) is 5.73 Å². The second-order valence-corrected chi connectivity index (χ2v) is 6.13. The normalized spacial score (nSPS) is 18.7. The van der Waals surface area contributed by atoms with E-state index in [1.165, 1.54) is 48.9 Å². The van der Waals surface area contributed by atoms with Gasteiger partial charge < -0.3 is 10.6 Å². The largest absolute Gasteiger partial charge is 0.373 e. The molecule has 0 unspecified atom stereocenters. The molecule has 1 fully saturated rings. The molecular formula is C16H26N2. The van der Waals surface area contributed by atoms with Crippen molar-refractivity contribution in [1.29, 1.82) is 0 Å². The number of rotatable bonds is 3. The third-order valence-corrected chi connectivity index (χ3v) is 4.05. The first-order valence-corrected chi connectivity index (χ1v) is 7.07. The van der Waals surface area contributed by atoms with Gasteiger partial charge in [-0.05, 0) is 49.9 Å². The number of nitrogens with zero attached hydrogens (tertiary/aromatic N) is 1. The topological polar surface area (TPSA) is 29.3 Å². The number of likely N-dealkylation sites (N-methyl/N-ethyl adjacent to an activating group) is 1. The van der Waals surface area contributed by atoms with E-state index in [1.54, 1.807) is 0 Å². The van der Waals surface area contributed by atoms with Crippen LogP contribution in [0.3, 0.4) is 0 Å². The van der Waals surface area contributed by atoms with Crippen LogP contribution in [0.15, 0.2) is 18.2 Å². The Morgan fingerprint density at radius 3 is 2.17 bits per heavy atom. The molecule has 1 aromatic rings. The van der Waals surface area contributed by atoms with Crippen molar-refractivity contribution < 1.29 is 0 Å². The fourth-order valence-corrected chi connectivity index (χ4v) is 3.15. The molecule has 0 aliphatic heterocycles. The molecule has 0 bridgehead atoms. The molecule has 0 saturated heterocycles. The lowest BCUT2D eigenvalue weighted by Gasteiger charge is -2.37. The fraction of sp³-hybridized carbons (Fsp3) is 0.625. The van der Waals surface area contributed by atoms with Crippen LogP contribution in [0.25, 0.3) is 0 Å². The van der Waals surface area contributed by atoms with E-state index in [0.29, 0.717) is 0 Å². The first-order chi connectivity index (χ1) is 8.48. The molecule has 2 nitrogen and oxygen atoms in total. The Labute approximate surface area is 111 Å². The van der Waals surface area contributed by atoms with Crippen LogP contribution in [0.2, 0.25) is 0 Å². The molecule has 100 valence electrons. The summed E-state index contributed by atoms with van der Waals surface area (Å²) in [6.45, 7) is 5.28. The Morgan fingerprint density at radius 2 is 1.61 bits per heavy atom. The van der Waals surface area contributed by atoms with Crippen molar-refractivity contribution in [2.45, 2.75) is 51.5 Å². The first-order valence-electron chi connectivity index (χ1n) is 7.07. The Balaban J connectivity index is 2.08. The summed E-state index contributed by atoms with van der Waals surface area (Å²) in [6.07, 6.45) is 6.27. The van der Waals surface area contributed by atoms with Gasteiger partial charge in [-0.2, -0.15) is 0 Å². The number of benzene rings is 1. The molecule has 0 radical (unpaired) electrons. The lowest BCUT2D eigenvalue weighted by atomic mass is 9.82. The van der Waals surface area contributed by atoms with E-state index in [2.05, 4.69) is 44.0 Å². The Morgan fingerprint density at radius 1 is 1.06 bits per heavy atom. The first kappa shape index (κ1) is 13.4. The van der Waals surface area contributed by atoms with E-state index in [0.717, 1.165) is 6.54 Å². The molecule has 1 aliphatic rings. The third kappa shape index (κ3) is 3.26. The van der Waals surface area contributed by atoms with Crippen LogP contribution in [0, 0.1) is 13.8 Å². The number of hydrogen-bond acceptors (Lipinski definition) is 2. The molecule has 1 aromatic carbocycles. The summed E-state index contributed by atoms with van der Waals surface area (Å²) in [6, 6.07) is 6.72. The van der Waals surface area contributed by atoms with Gasteiger partial charge >= 0.3 is 0 Å². The number of hydrogen-bond donors (Lipinski definition) is 1. The van der Waals surface area contributed by atoms with Crippen molar-refractivity contribution in [3.05, 3.63) is 29.3 Å². The van der Waals surface area contributed by atoms with Gasteiger partial charge in [0, 0.05) is 24.8 Å². The maximum atomic E-state index is 6.53. The van der Waals surface area contributed by atoms with Gasteiger partial charge in [0.15, 0.2) is 0 Å². The van der Waals surface area contributed by atoms with Gasteiger partial charge in [-0.25, -0.2) is 0 Å². The van der Waals surface area contributed by atoms with Gasteiger partial charge in [-0.15, -0.1) is 0 Å². The molecule has 18 heavy (non-hydrogen) atoms. The minimum atomic E-state index is 0.0185. The SMILES string of the molecule is Cc1cc(C)cc(N(C)CC2(N)CCCCC2)c1. The van der Waals surface area contributed by atoms with Gasteiger partial charge in [0.05, 0.1) is 0 Å². The highest BCUT2D eigenvalue weighted by molar-refractivity contribution is 5.50. The van der Waals surface area contributed by atoms with Crippen molar-refractivity contribution in [3.63, 3.8) is 0 Å². The van der Waals surface area contributed by atoms with Crippen molar-refractivity contribution in [3.8, 4) is 0 Å². The van der Waals surface area contributed by atoms with Crippen LogP contribution < -0.4 is 10.6 Å². The van der Waals surface area contributed by atoms with Gasteiger partial charge in [0.2, 0.25) is 0 Å². The van der Waals surface area contributed by atoms with Crippen LogP contribution in [-0.4, -0.2) is 19.1 Å². The predicted octanol–water partition coefficient (Wildman–Crippen LogP) is 3.40. The number of anilines is 1. The number of nitrogens with two attached hydrogens (primary N) is 1. The van der Waals surface area contributed by atoms with E-state index in [-0.39, 0.29) is 5.54 Å². The monoisotopic (exact) mass is 246 g/mol. The van der Waals surface area contributed by atoms with Gasteiger partial charge in [0.25, 0.3) is 0 Å². The van der Waals surface area contributed by atoms with E-state index in [1.807, 2.05) is 0 Å². The molecule has 1 aliphatic carbocycles. The van der Waals surface area contributed by atoms with Crippen LogP contribution in [0.1, 0.15) is 43.2 Å². The zero-order valence-electron chi connectivity index (χ0n) is 12.0. The molecule has 1 saturated carbocycles. The second-order valence-electron chi connectivity index (χ2n) is 6.13. The van der Waals surface area contributed by atoms with Crippen molar-refractivity contribution in [2.24, 2.45) is 5.73 Å². The van der Waals surface area contributed by atoms with Gasteiger partial charge in [0.1, 0.15) is 0 Å². The Kier molecular flexibility index (Phi) is 3.96.